The summed E-state index contributed by atoms with van der Waals surface area (Å²) in [5.74, 6) is 0. The Balaban J connectivity index is 2.41. The van der Waals surface area contributed by atoms with Crippen LogP contribution < -0.4 is 5.32 Å². The second-order valence-electron chi connectivity index (χ2n) is 3.71. The lowest BCUT2D eigenvalue weighted by Gasteiger charge is -2.17. The molecule has 16 heavy (non-hydrogen) atoms. The van der Waals surface area contributed by atoms with E-state index in [2.05, 4.69) is 22.2 Å². The highest BCUT2D eigenvalue weighted by Gasteiger charge is 2.14. The quantitative estimate of drug-likeness (QED) is 0.848. The van der Waals surface area contributed by atoms with Gasteiger partial charge in [0.2, 0.25) is 0 Å². The lowest BCUT2D eigenvalue weighted by Crippen LogP contribution is -2.19. The Morgan fingerprint density at radius 1 is 1.19 bits per heavy atom. The molecule has 0 bridgehead atoms. The third kappa shape index (κ3) is 2.09. The Morgan fingerprint density at radius 3 is 2.69 bits per heavy atom. The van der Waals surface area contributed by atoms with Crippen LogP contribution >= 0.6 is 0 Å². The zero-order chi connectivity index (χ0) is 11.4. The summed E-state index contributed by atoms with van der Waals surface area (Å²) in [6, 6.07) is 8.07. The van der Waals surface area contributed by atoms with Gasteiger partial charge < -0.3 is 5.32 Å². The van der Waals surface area contributed by atoms with Crippen molar-refractivity contribution in [1.29, 1.82) is 0 Å². The molecule has 0 radical (unpaired) electrons. The molecular weight excluding hydrogens is 198 g/mol. The Labute approximate surface area is 95.6 Å². The van der Waals surface area contributed by atoms with Gasteiger partial charge in [0.1, 0.15) is 0 Å². The molecule has 0 saturated carbocycles. The Bertz CT molecular complexity index is 454. The fraction of sp³-hybridized carbons (Fsp3) is 0.231. The number of rotatable bonds is 3. The van der Waals surface area contributed by atoms with E-state index >= 15 is 0 Å². The molecule has 0 aliphatic heterocycles. The van der Waals surface area contributed by atoms with E-state index in [-0.39, 0.29) is 6.04 Å². The third-order valence-electron chi connectivity index (χ3n) is 2.66. The van der Waals surface area contributed by atoms with Gasteiger partial charge in [0.25, 0.3) is 0 Å². The van der Waals surface area contributed by atoms with Crippen LogP contribution in [-0.4, -0.2) is 17.0 Å². The van der Waals surface area contributed by atoms with Crippen molar-refractivity contribution in [1.82, 2.24) is 15.3 Å². The molecule has 3 nitrogen and oxygen atoms in total. The number of nitrogens with one attached hydrogen (secondary N) is 1. The predicted octanol–water partition coefficient (Wildman–Crippen LogP) is 2.09. The first kappa shape index (κ1) is 10.8. The molecule has 2 aromatic rings. The van der Waals surface area contributed by atoms with Crippen molar-refractivity contribution in [2.75, 3.05) is 7.05 Å². The topological polar surface area (TPSA) is 37.8 Å². The molecule has 1 N–H and O–H groups in total. The van der Waals surface area contributed by atoms with Crippen molar-refractivity contribution in [2.24, 2.45) is 0 Å². The second kappa shape index (κ2) is 4.86. The monoisotopic (exact) mass is 213 g/mol. The number of aromatic nitrogens is 2. The van der Waals surface area contributed by atoms with Gasteiger partial charge >= 0.3 is 0 Å². The fourth-order valence-electron chi connectivity index (χ4n) is 1.79. The van der Waals surface area contributed by atoms with Crippen LogP contribution in [0, 0.1) is 6.92 Å². The van der Waals surface area contributed by atoms with E-state index in [9.17, 15) is 0 Å². The summed E-state index contributed by atoms with van der Waals surface area (Å²) in [4.78, 5) is 8.55. The molecule has 0 aliphatic carbocycles. The molecule has 0 amide bonds. The largest absolute Gasteiger partial charge is 0.308 e. The van der Waals surface area contributed by atoms with E-state index in [0.717, 1.165) is 5.69 Å². The molecule has 2 rings (SSSR count). The molecule has 1 unspecified atom stereocenters. The van der Waals surface area contributed by atoms with Gasteiger partial charge in [0, 0.05) is 18.6 Å². The molecule has 0 spiro atoms. The molecule has 82 valence electrons. The molecule has 0 saturated heterocycles. The molecule has 3 heteroatoms. The normalized spacial score (nSPS) is 12.4. The van der Waals surface area contributed by atoms with Crippen LogP contribution in [0.2, 0.25) is 0 Å². The smallest absolute Gasteiger partial charge is 0.0766 e. The van der Waals surface area contributed by atoms with Gasteiger partial charge in [-0.05, 0) is 43.3 Å². The molecule has 2 heterocycles. The van der Waals surface area contributed by atoms with Gasteiger partial charge in [-0.25, -0.2) is 0 Å². The first-order chi connectivity index (χ1) is 7.83. The van der Waals surface area contributed by atoms with E-state index in [0.29, 0.717) is 0 Å². The lowest BCUT2D eigenvalue weighted by atomic mass is 10.0. The zero-order valence-electron chi connectivity index (χ0n) is 9.51. The Kier molecular flexibility index (Phi) is 3.27. The highest BCUT2D eigenvalue weighted by molar-refractivity contribution is 5.31. The Hall–Kier alpha value is -1.74. The summed E-state index contributed by atoms with van der Waals surface area (Å²) in [6.45, 7) is 2.09. The van der Waals surface area contributed by atoms with Crippen molar-refractivity contribution in [3.8, 4) is 0 Å². The Morgan fingerprint density at radius 2 is 2.06 bits per heavy atom. The maximum Gasteiger partial charge on any atom is 0.0766 e. The van der Waals surface area contributed by atoms with Gasteiger partial charge in [-0.15, -0.1) is 0 Å². The summed E-state index contributed by atoms with van der Waals surface area (Å²) in [7, 11) is 1.94. The summed E-state index contributed by atoms with van der Waals surface area (Å²) < 4.78 is 0. The summed E-state index contributed by atoms with van der Waals surface area (Å²) in [5.41, 5.74) is 3.41. The fourth-order valence-corrected chi connectivity index (χ4v) is 1.79. The van der Waals surface area contributed by atoms with Crippen LogP contribution in [0.1, 0.15) is 22.9 Å². The van der Waals surface area contributed by atoms with E-state index in [1.807, 2.05) is 49.9 Å². The SMILES string of the molecule is CNC(c1ccccn1)c1cnccc1C. The van der Waals surface area contributed by atoms with Crippen LogP contribution in [0.25, 0.3) is 0 Å². The maximum atomic E-state index is 4.38. The predicted molar refractivity (Wildman–Crippen MR) is 64.1 cm³/mol. The highest BCUT2D eigenvalue weighted by atomic mass is 14.9. The van der Waals surface area contributed by atoms with Crippen LogP contribution in [-0.2, 0) is 0 Å². The van der Waals surface area contributed by atoms with E-state index in [1.54, 1.807) is 0 Å². The van der Waals surface area contributed by atoms with Crippen LogP contribution in [0.15, 0.2) is 42.9 Å². The van der Waals surface area contributed by atoms with Crippen molar-refractivity contribution < 1.29 is 0 Å². The molecular formula is C13H15N3. The molecule has 2 aromatic heterocycles. The summed E-state index contributed by atoms with van der Waals surface area (Å²) >= 11 is 0. The summed E-state index contributed by atoms with van der Waals surface area (Å²) in [6.07, 6.45) is 5.51. The minimum absolute atomic E-state index is 0.106. The van der Waals surface area contributed by atoms with Gasteiger partial charge in [0.05, 0.1) is 11.7 Å². The average Bonchev–Trinajstić information content (AvgIpc) is 2.34. The number of nitrogens with zero attached hydrogens (tertiary/aromatic N) is 2. The van der Waals surface area contributed by atoms with Crippen LogP contribution in [0.5, 0.6) is 0 Å². The molecule has 0 fully saturated rings. The first-order valence-corrected chi connectivity index (χ1v) is 5.31. The van der Waals surface area contributed by atoms with Crippen molar-refractivity contribution >= 4 is 0 Å². The van der Waals surface area contributed by atoms with E-state index in [4.69, 9.17) is 0 Å². The molecule has 0 aliphatic rings. The number of pyridine rings is 2. The standard InChI is InChI=1S/C13H15N3/c1-10-6-8-15-9-11(10)13(14-2)12-5-3-4-7-16-12/h3-9,13-14H,1-2H3. The lowest BCUT2D eigenvalue weighted by molar-refractivity contribution is 0.664. The van der Waals surface area contributed by atoms with Gasteiger partial charge in [-0.1, -0.05) is 6.07 Å². The summed E-state index contributed by atoms with van der Waals surface area (Å²) in [5, 5.41) is 3.27. The minimum Gasteiger partial charge on any atom is -0.308 e. The van der Waals surface area contributed by atoms with E-state index in [1.165, 1.54) is 11.1 Å². The van der Waals surface area contributed by atoms with Crippen molar-refractivity contribution in [2.45, 2.75) is 13.0 Å². The minimum atomic E-state index is 0.106. The first-order valence-electron chi connectivity index (χ1n) is 5.31. The van der Waals surface area contributed by atoms with Crippen LogP contribution in [0.3, 0.4) is 0 Å². The van der Waals surface area contributed by atoms with Gasteiger partial charge in [-0.3, -0.25) is 9.97 Å². The van der Waals surface area contributed by atoms with Crippen LogP contribution in [0.4, 0.5) is 0 Å². The second-order valence-corrected chi connectivity index (χ2v) is 3.71. The maximum absolute atomic E-state index is 4.38. The molecule has 0 aromatic carbocycles. The highest BCUT2D eigenvalue weighted by Crippen LogP contribution is 2.21. The molecule has 1 atom stereocenters. The number of hydrogen-bond donors (Lipinski definition) is 1. The van der Waals surface area contributed by atoms with Crippen molar-refractivity contribution in [3.63, 3.8) is 0 Å². The van der Waals surface area contributed by atoms with Gasteiger partial charge in [-0.2, -0.15) is 0 Å². The third-order valence-corrected chi connectivity index (χ3v) is 2.66. The average molecular weight is 213 g/mol. The van der Waals surface area contributed by atoms with Gasteiger partial charge in [0.15, 0.2) is 0 Å². The number of hydrogen-bond acceptors (Lipinski definition) is 3. The zero-order valence-corrected chi connectivity index (χ0v) is 9.51. The van der Waals surface area contributed by atoms with Crippen molar-refractivity contribution in [3.05, 3.63) is 59.7 Å². The van der Waals surface area contributed by atoms with E-state index < -0.39 is 0 Å². The number of aryl methyl sites for hydroxylation is 1.